The van der Waals surface area contributed by atoms with E-state index >= 15 is 0 Å². The van der Waals surface area contributed by atoms with E-state index in [9.17, 15) is 0 Å². The van der Waals surface area contributed by atoms with Gasteiger partial charge in [0.2, 0.25) is 0 Å². The number of aromatic nitrogens is 3. The second-order valence-corrected chi connectivity index (χ2v) is 8.41. The molecule has 0 N–H and O–H groups in total. The Morgan fingerprint density at radius 2 is 2.18 bits per heavy atom. The summed E-state index contributed by atoms with van der Waals surface area (Å²) < 4.78 is 4.07. The topological polar surface area (TPSA) is 34.0 Å². The van der Waals surface area contributed by atoms with Crippen molar-refractivity contribution in [1.82, 2.24) is 19.7 Å². The van der Waals surface area contributed by atoms with Crippen LogP contribution in [0.1, 0.15) is 28.9 Å². The first-order chi connectivity index (χ1) is 10.7. The van der Waals surface area contributed by atoms with Gasteiger partial charge in [0.1, 0.15) is 10.0 Å². The lowest BCUT2D eigenvalue weighted by atomic mass is 10.2. The molecule has 0 saturated carbocycles. The number of para-hydroxylation sites is 1. The summed E-state index contributed by atoms with van der Waals surface area (Å²) in [7, 11) is 0. The van der Waals surface area contributed by atoms with Gasteiger partial charge in [-0.3, -0.25) is 4.90 Å². The Hall–Kier alpha value is -1.15. The monoisotopic (exact) mass is 348 g/mol. The van der Waals surface area contributed by atoms with Gasteiger partial charge in [0.15, 0.2) is 3.95 Å². The summed E-state index contributed by atoms with van der Waals surface area (Å²) in [4.78, 5) is 7.29. The summed E-state index contributed by atoms with van der Waals surface area (Å²) in [6.45, 7) is 3.86. The van der Waals surface area contributed by atoms with Crippen LogP contribution in [0.2, 0.25) is 0 Å². The van der Waals surface area contributed by atoms with Crippen LogP contribution in [0, 0.1) is 10.9 Å². The van der Waals surface area contributed by atoms with Crippen molar-refractivity contribution in [2.45, 2.75) is 32.5 Å². The third-order valence-electron chi connectivity index (χ3n) is 3.98. The molecule has 1 atom stereocenters. The number of nitrogens with zero attached hydrogens (tertiary/aromatic N) is 4. The molecule has 1 aromatic carbocycles. The van der Waals surface area contributed by atoms with Crippen molar-refractivity contribution in [3.05, 3.63) is 38.2 Å². The van der Waals surface area contributed by atoms with Gasteiger partial charge in [0, 0.05) is 6.54 Å². The van der Waals surface area contributed by atoms with Gasteiger partial charge in [-0.05, 0) is 44.1 Å². The quantitative estimate of drug-likeness (QED) is 0.658. The summed E-state index contributed by atoms with van der Waals surface area (Å²) in [5.41, 5.74) is 1.11. The highest BCUT2D eigenvalue weighted by Gasteiger charge is 2.29. The van der Waals surface area contributed by atoms with E-state index < -0.39 is 0 Å². The molecule has 22 heavy (non-hydrogen) atoms. The van der Waals surface area contributed by atoms with Gasteiger partial charge in [-0.2, -0.15) is 5.10 Å². The maximum Gasteiger partial charge on any atom is 0.180 e. The Morgan fingerprint density at radius 1 is 1.32 bits per heavy atom. The standard InChI is InChI=1S/C15H16N4S3/c1-10-17-19(15(20)21-10)9-18-8-4-6-12(18)14-16-11-5-2-3-7-13(11)22-14/h2-3,5,7,12H,4,6,8-9H2,1H3/t12-/m1/s1. The van der Waals surface area contributed by atoms with E-state index in [1.54, 1.807) is 11.3 Å². The number of rotatable bonds is 3. The van der Waals surface area contributed by atoms with Crippen molar-refractivity contribution in [1.29, 1.82) is 0 Å². The molecule has 3 aromatic rings. The summed E-state index contributed by atoms with van der Waals surface area (Å²) in [6.07, 6.45) is 2.37. The Bertz CT molecular complexity index is 830. The summed E-state index contributed by atoms with van der Waals surface area (Å²) >= 11 is 8.79. The van der Waals surface area contributed by atoms with Crippen molar-refractivity contribution in [3.8, 4) is 0 Å². The third-order valence-corrected chi connectivity index (χ3v) is 6.34. The van der Waals surface area contributed by atoms with Gasteiger partial charge >= 0.3 is 0 Å². The van der Waals surface area contributed by atoms with Gasteiger partial charge in [0.25, 0.3) is 0 Å². The van der Waals surface area contributed by atoms with Gasteiger partial charge in [-0.25, -0.2) is 9.67 Å². The highest BCUT2D eigenvalue weighted by molar-refractivity contribution is 7.73. The highest BCUT2D eigenvalue weighted by Crippen LogP contribution is 2.36. The van der Waals surface area contributed by atoms with Crippen LogP contribution in [0.3, 0.4) is 0 Å². The van der Waals surface area contributed by atoms with Crippen LogP contribution in [0.5, 0.6) is 0 Å². The van der Waals surface area contributed by atoms with E-state index in [0.717, 1.165) is 34.1 Å². The molecule has 4 nitrogen and oxygen atoms in total. The molecule has 0 unspecified atom stereocenters. The minimum Gasteiger partial charge on any atom is -0.275 e. The minimum atomic E-state index is 0.390. The number of fused-ring (bicyclic) bond motifs is 1. The number of hydrogen-bond donors (Lipinski definition) is 0. The van der Waals surface area contributed by atoms with E-state index in [1.165, 1.54) is 16.1 Å². The Kier molecular flexibility index (Phi) is 3.81. The fourth-order valence-corrected chi connectivity index (χ4v) is 5.17. The molecule has 0 aliphatic carbocycles. The van der Waals surface area contributed by atoms with Crippen LogP contribution in [0.25, 0.3) is 10.2 Å². The number of hydrogen-bond acceptors (Lipinski definition) is 6. The first kappa shape index (κ1) is 14.4. The molecule has 1 fully saturated rings. The maximum atomic E-state index is 5.39. The van der Waals surface area contributed by atoms with Crippen molar-refractivity contribution in [2.75, 3.05) is 6.54 Å². The molecular formula is C15H16N4S3. The summed E-state index contributed by atoms with van der Waals surface area (Å²) in [5.74, 6) is 0. The lowest BCUT2D eigenvalue weighted by Gasteiger charge is -2.22. The minimum absolute atomic E-state index is 0.390. The molecule has 4 rings (SSSR count). The van der Waals surface area contributed by atoms with Gasteiger partial charge in [-0.15, -0.1) is 11.3 Å². The Balaban J connectivity index is 1.63. The molecule has 2 aromatic heterocycles. The van der Waals surface area contributed by atoms with Crippen LogP contribution < -0.4 is 0 Å². The van der Waals surface area contributed by atoms with Gasteiger partial charge in [0.05, 0.1) is 22.9 Å². The first-order valence-electron chi connectivity index (χ1n) is 7.35. The van der Waals surface area contributed by atoms with Crippen LogP contribution in [0.4, 0.5) is 0 Å². The zero-order valence-electron chi connectivity index (χ0n) is 12.2. The molecule has 114 valence electrons. The Labute approximate surface area is 142 Å². The van der Waals surface area contributed by atoms with Crippen LogP contribution >= 0.6 is 34.9 Å². The number of likely N-dealkylation sites (tertiary alicyclic amines) is 1. The fraction of sp³-hybridized carbons (Fsp3) is 0.400. The average molecular weight is 349 g/mol. The lowest BCUT2D eigenvalue weighted by Crippen LogP contribution is -2.26. The molecule has 0 amide bonds. The van der Waals surface area contributed by atoms with Crippen molar-refractivity contribution >= 4 is 45.1 Å². The van der Waals surface area contributed by atoms with E-state index in [0.29, 0.717) is 6.04 Å². The largest absolute Gasteiger partial charge is 0.275 e. The number of aryl methyl sites for hydroxylation is 1. The highest BCUT2D eigenvalue weighted by atomic mass is 32.1. The maximum absolute atomic E-state index is 5.39. The predicted octanol–water partition coefficient (Wildman–Crippen LogP) is 4.39. The van der Waals surface area contributed by atoms with Crippen molar-refractivity contribution in [3.63, 3.8) is 0 Å². The second kappa shape index (κ2) is 5.81. The molecule has 1 aliphatic heterocycles. The first-order valence-corrected chi connectivity index (χ1v) is 9.39. The van der Waals surface area contributed by atoms with E-state index in [2.05, 4.69) is 34.3 Å². The molecule has 7 heteroatoms. The summed E-state index contributed by atoms with van der Waals surface area (Å²) in [5, 5.41) is 6.76. The van der Waals surface area contributed by atoms with E-state index in [1.807, 2.05) is 22.9 Å². The van der Waals surface area contributed by atoms with E-state index in [-0.39, 0.29) is 0 Å². The van der Waals surface area contributed by atoms with Crippen LogP contribution in [-0.2, 0) is 6.67 Å². The lowest BCUT2D eigenvalue weighted by molar-refractivity contribution is 0.190. The van der Waals surface area contributed by atoms with Crippen molar-refractivity contribution in [2.24, 2.45) is 0 Å². The normalized spacial score (nSPS) is 19.2. The fourth-order valence-electron chi connectivity index (χ4n) is 2.98. The van der Waals surface area contributed by atoms with Crippen LogP contribution in [0.15, 0.2) is 24.3 Å². The SMILES string of the molecule is Cc1nn(CN2CCC[C@@H]2c2nc3ccccc3s2)c(=S)s1. The van der Waals surface area contributed by atoms with E-state index in [4.69, 9.17) is 17.2 Å². The predicted molar refractivity (Wildman–Crippen MR) is 94.0 cm³/mol. The number of benzene rings is 1. The molecular weight excluding hydrogens is 332 g/mol. The van der Waals surface area contributed by atoms with Crippen LogP contribution in [-0.4, -0.2) is 26.2 Å². The molecule has 0 radical (unpaired) electrons. The zero-order chi connectivity index (χ0) is 15.1. The smallest absolute Gasteiger partial charge is 0.180 e. The molecule has 1 saturated heterocycles. The average Bonchev–Trinajstić information content (AvgIpc) is 3.18. The second-order valence-electron chi connectivity index (χ2n) is 5.52. The Morgan fingerprint density at radius 3 is 2.95 bits per heavy atom. The molecule has 0 spiro atoms. The van der Waals surface area contributed by atoms with Gasteiger partial charge < -0.3 is 0 Å². The molecule has 1 aliphatic rings. The summed E-state index contributed by atoms with van der Waals surface area (Å²) in [6, 6.07) is 8.76. The third kappa shape index (κ3) is 2.62. The van der Waals surface area contributed by atoms with Gasteiger partial charge in [-0.1, -0.05) is 23.5 Å². The molecule has 3 heterocycles. The number of thiazole rings is 1. The molecule has 0 bridgehead atoms. The zero-order valence-corrected chi connectivity index (χ0v) is 14.7. The van der Waals surface area contributed by atoms with Crippen molar-refractivity contribution < 1.29 is 0 Å².